The Hall–Kier alpha value is -1.73. The van der Waals surface area contributed by atoms with Gasteiger partial charge < -0.3 is 0 Å². The highest BCUT2D eigenvalue weighted by Gasteiger charge is 2.23. The summed E-state index contributed by atoms with van der Waals surface area (Å²) < 4.78 is 13.2. The molecule has 1 aromatic heterocycles. The van der Waals surface area contributed by atoms with E-state index in [2.05, 4.69) is 11.1 Å². The van der Waals surface area contributed by atoms with E-state index in [9.17, 15) is 4.39 Å². The first-order chi connectivity index (χ1) is 8.44. The van der Waals surface area contributed by atoms with E-state index in [0.717, 1.165) is 16.3 Å². The van der Waals surface area contributed by atoms with Crippen LogP contribution >= 0.6 is 11.3 Å². The summed E-state index contributed by atoms with van der Waals surface area (Å²) in [6, 6.07) is 7.16. The summed E-state index contributed by atoms with van der Waals surface area (Å²) in [5, 5.41) is 11.8. The van der Waals surface area contributed by atoms with Gasteiger partial charge in [-0.05, 0) is 44.5 Å². The van der Waals surface area contributed by atoms with E-state index < -0.39 is 5.41 Å². The number of rotatable bonds is 2. The number of halogens is 1. The Kier molecular flexibility index (Phi) is 3.18. The maximum absolute atomic E-state index is 13.2. The molecule has 0 saturated heterocycles. The topological polar surface area (TPSA) is 36.7 Å². The van der Waals surface area contributed by atoms with E-state index in [1.165, 1.54) is 17.4 Å². The van der Waals surface area contributed by atoms with Gasteiger partial charge in [0.25, 0.3) is 0 Å². The summed E-state index contributed by atoms with van der Waals surface area (Å²) in [4.78, 5) is 4.47. The number of hydrogen-bond donors (Lipinski definition) is 0. The number of nitrogens with zero attached hydrogens (tertiary/aromatic N) is 2. The minimum atomic E-state index is -0.593. The highest BCUT2D eigenvalue weighted by molar-refractivity contribution is 7.13. The molecular weight excluding hydrogens is 247 g/mol. The Bertz CT molecular complexity index is 623. The number of hydrogen-bond acceptors (Lipinski definition) is 3. The van der Waals surface area contributed by atoms with Crippen molar-refractivity contribution in [2.24, 2.45) is 0 Å². The van der Waals surface area contributed by atoms with Crippen LogP contribution in [0.3, 0.4) is 0 Å². The second-order valence-corrected chi connectivity index (χ2v) is 5.60. The zero-order chi connectivity index (χ0) is 13.3. The highest BCUT2D eigenvalue weighted by Crippen LogP contribution is 2.30. The zero-order valence-electron chi connectivity index (χ0n) is 10.5. The van der Waals surface area contributed by atoms with Crippen molar-refractivity contribution in [3.8, 4) is 16.6 Å². The van der Waals surface area contributed by atoms with Gasteiger partial charge >= 0.3 is 0 Å². The van der Waals surface area contributed by atoms with Crippen LogP contribution in [0.5, 0.6) is 0 Å². The number of nitriles is 1. The minimum absolute atomic E-state index is 0.215. The van der Waals surface area contributed by atoms with Crippen LogP contribution in [0.15, 0.2) is 23.6 Å². The normalized spacial score (nSPS) is 11.3. The maximum Gasteiger partial charge on any atom is 0.126 e. The Labute approximate surface area is 110 Å². The minimum Gasteiger partial charge on any atom is -0.239 e. The Balaban J connectivity index is 2.42. The molecule has 0 aliphatic heterocycles. The molecule has 0 aliphatic rings. The van der Waals surface area contributed by atoms with Gasteiger partial charge in [0.1, 0.15) is 10.8 Å². The van der Waals surface area contributed by atoms with E-state index >= 15 is 0 Å². The van der Waals surface area contributed by atoms with Crippen LogP contribution in [0.1, 0.15) is 25.1 Å². The summed E-state index contributed by atoms with van der Waals surface area (Å²) >= 11 is 1.47. The van der Waals surface area contributed by atoms with E-state index in [1.807, 2.05) is 19.2 Å². The molecule has 92 valence electrons. The monoisotopic (exact) mass is 260 g/mol. The van der Waals surface area contributed by atoms with Crippen LogP contribution in [0, 0.1) is 24.1 Å². The summed E-state index contributed by atoms with van der Waals surface area (Å²) in [5.41, 5.74) is 1.65. The number of thiazole rings is 1. The first-order valence-corrected chi connectivity index (χ1v) is 6.46. The van der Waals surface area contributed by atoms with Gasteiger partial charge in [0.2, 0.25) is 0 Å². The molecule has 1 aromatic carbocycles. The molecule has 0 N–H and O–H groups in total. The van der Waals surface area contributed by atoms with Crippen LogP contribution in [0.4, 0.5) is 4.39 Å². The summed E-state index contributed by atoms with van der Waals surface area (Å²) in [6.45, 7) is 5.40. The van der Waals surface area contributed by atoms with Crippen LogP contribution in [-0.2, 0) is 5.41 Å². The van der Waals surface area contributed by atoms with Crippen LogP contribution in [0.2, 0.25) is 0 Å². The Morgan fingerprint density at radius 2 is 2.11 bits per heavy atom. The highest BCUT2D eigenvalue weighted by atomic mass is 32.1. The molecule has 0 aliphatic carbocycles. The van der Waals surface area contributed by atoms with Crippen molar-refractivity contribution in [3.05, 3.63) is 40.7 Å². The lowest BCUT2D eigenvalue weighted by Gasteiger charge is -2.10. The summed E-state index contributed by atoms with van der Waals surface area (Å²) in [6.07, 6.45) is 0. The van der Waals surface area contributed by atoms with E-state index in [-0.39, 0.29) is 5.82 Å². The molecule has 2 aromatic rings. The van der Waals surface area contributed by atoms with E-state index in [1.54, 1.807) is 19.1 Å². The largest absolute Gasteiger partial charge is 0.239 e. The van der Waals surface area contributed by atoms with Crippen molar-refractivity contribution in [2.75, 3.05) is 0 Å². The predicted molar refractivity (Wildman–Crippen MR) is 70.9 cm³/mol. The first-order valence-electron chi connectivity index (χ1n) is 5.58. The van der Waals surface area contributed by atoms with Crippen LogP contribution < -0.4 is 0 Å². The predicted octanol–water partition coefficient (Wildman–Crippen LogP) is 4.06. The number of aryl methyl sites for hydroxylation is 1. The molecule has 2 nitrogen and oxygen atoms in total. The van der Waals surface area contributed by atoms with Crippen LogP contribution in [-0.4, -0.2) is 4.98 Å². The van der Waals surface area contributed by atoms with Gasteiger partial charge in [0.05, 0.1) is 17.2 Å². The molecule has 0 radical (unpaired) electrons. The SMILES string of the molecule is Cc1cc(-c2nc(C(C)(C)C#N)cs2)ccc1F. The second-order valence-electron chi connectivity index (χ2n) is 4.74. The third-order valence-corrected chi connectivity index (χ3v) is 3.72. The van der Waals surface area contributed by atoms with Crippen molar-refractivity contribution in [1.29, 1.82) is 5.26 Å². The van der Waals surface area contributed by atoms with Crippen molar-refractivity contribution in [1.82, 2.24) is 4.98 Å². The molecule has 2 rings (SSSR count). The lowest BCUT2D eigenvalue weighted by molar-refractivity contribution is 0.618. The van der Waals surface area contributed by atoms with Crippen molar-refractivity contribution in [2.45, 2.75) is 26.2 Å². The quantitative estimate of drug-likeness (QED) is 0.816. The smallest absolute Gasteiger partial charge is 0.126 e. The standard InChI is InChI=1S/C14H13FN2S/c1-9-6-10(4-5-11(9)15)13-17-12(7-18-13)14(2,3)8-16/h4-7H,1-3H3. The Morgan fingerprint density at radius 1 is 1.39 bits per heavy atom. The molecule has 4 heteroatoms. The van der Waals surface area contributed by atoms with Gasteiger partial charge in [-0.25, -0.2) is 9.37 Å². The molecule has 0 atom stereocenters. The number of benzene rings is 1. The third kappa shape index (κ3) is 2.27. The molecule has 0 fully saturated rings. The van der Waals surface area contributed by atoms with Gasteiger partial charge in [0, 0.05) is 10.9 Å². The fourth-order valence-electron chi connectivity index (χ4n) is 1.53. The average molecular weight is 260 g/mol. The average Bonchev–Trinajstić information content (AvgIpc) is 2.83. The first kappa shape index (κ1) is 12.7. The van der Waals surface area contributed by atoms with Gasteiger partial charge in [-0.1, -0.05) is 0 Å². The number of aromatic nitrogens is 1. The maximum atomic E-state index is 13.2. The van der Waals surface area contributed by atoms with Crippen molar-refractivity contribution >= 4 is 11.3 Å². The summed E-state index contributed by atoms with van der Waals surface area (Å²) in [5.74, 6) is -0.215. The fourth-order valence-corrected chi connectivity index (χ4v) is 2.51. The molecule has 18 heavy (non-hydrogen) atoms. The zero-order valence-corrected chi connectivity index (χ0v) is 11.3. The summed E-state index contributed by atoms with van der Waals surface area (Å²) in [7, 11) is 0. The van der Waals surface area contributed by atoms with Crippen molar-refractivity contribution < 1.29 is 4.39 Å². The van der Waals surface area contributed by atoms with Crippen molar-refractivity contribution in [3.63, 3.8) is 0 Å². The second kappa shape index (κ2) is 4.51. The van der Waals surface area contributed by atoms with E-state index in [4.69, 9.17) is 5.26 Å². The molecular formula is C14H13FN2S. The lowest BCUT2D eigenvalue weighted by atomic mass is 9.92. The lowest BCUT2D eigenvalue weighted by Crippen LogP contribution is -2.14. The third-order valence-electron chi connectivity index (χ3n) is 2.83. The molecule has 0 unspecified atom stereocenters. The van der Waals surface area contributed by atoms with Gasteiger partial charge in [0.15, 0.2) is 0 Å². The molecule has 0 amide bonds. The van der Waals surface area contributed by atoms with Crippen LogP contribution in [0.25, 0.3) is 10.6 Å². The van der Waals surface area contributed by atoms with E-state index in [0.29, 0.717) is 5.56 Å². The molecule has 0 spiro atoms. The Morgan fingerprint density at radius 3 is 2.72 bits per heavy atom. The van der Waals surface area contributed by atoms with Gasteiger partial charge in [-0.15, -0.1) is 11.3 Å². The molecule has 0 saturated carbocycles. The fraction of sp³-hybridized carbons (Fsp3) is 0.286. The van der Waals surface area contributed by atoms with Gasteiger partial charge in [-0.3, -0.25) is 0 Å². The molecule has 1 heterocycles. The molecule has 0 bridgehead atoms. The van der Waals surface area contributed by atoms with Gasteiger partial charge in [-0.2, -0.15) is 5.26 Å².